The third kappa shape index (κ3) is 2.56. The van der Waals surface area contributed by atoms with Gasteiger partial charge in [-0.05, 0) is 24.1 Å². The van der Waals surface area contributed by atoms with Gasteiger partial charge in [-0.1, -0.05) is 31.2 Å². The smallest absolute Gasteiger partial charge is 0.224 e. The summed E-state index contributed by atoms with van der Waals surface area (Å²) >= 11 is 0. The van der Waals surface area contributed by atoms with Crippen LogP contribution in [0.1, 0.15) is 18.9 Å². The van der Waals surface area contributed by atoms with Crippen molar-refractivity contribution in [2.75, 3.05) is 5.32 Å². The maximum absolute atomic E-state index is 11.5. The van der Waals surface area contributed by atoms with Crippen LogP contribution in [0.25, 0.3) is 11.1 Å². The molecule has 2 rings (SSSR count). The van der Waals surface area contributed by atoms with Crippen LogP contribution in [0.4, 0.5) is 5.69 Å². The van der Waals surface area contributed by atoms with E-state index < -0.39 is 0 Å². The van der Waals surface area contributed by atoms with E-state index in [4.69, 9.17) is 0 Å². The molecule has 1 amide bonds. The molecule has 0 saturated carbocycles. The van der Waals surface area contributed by atoms with E-state index in [2.05, 4.69) is 23.3 Å². The molecule has 0 aliphatic rings. The first-order chi connectivity index (χ1) is 8.72. The lowest BCUT2D eigenvalue weighted by Gasteiger charge is -2.12. The van der Waals surface area contributed by atoms with Crippen LogP contribution in [0.5, 0.6) is 0 Å². The summed E-state index contributed by atoms with van der Waals surface area (Å²) in [6, 6.07) is 10.0. The Morgan fingerprint density at radius 3 is 2.72 bits per heavy atom. The second-order valence-corrected chi connectivity index (χ2v) is 4.14. The van der Waals surface area contributed by atoms with Crippen molar-refractivity contribution >= 4 is 11.6 Å². The van der Waals surface area contributed by atoms with E-state index in [0.29, 0.717) is 6.42 Å². The number of rotatable bonds is 3. The molecule has 0 spiro atoms. The van der Waals surface area contributed by atoms with E-state index >= 15 is 0 Å². The van der Waals surface area contributed by atoms with Crippen LogP contribution in [-0.4, -0.2) is 10.9 Å². The van der Waals surface area contributed by atoms with E-state index in [-0.39, 0.29) is 5.91 Å². The summed E-state index contributed by atoms with van der Waals surface area (Å²) in [7, 11) is 0. The van der Waals surface area contributed by atoms with Crippen LogP contribution in [-0.2, 0) is 4.79 Å². The molecule has 0 atom stereocenters. The molecular weight excluding hydrogens is 224 g/mol. The van der Waals surface area contributed by atoms with Crippen molar-refractivity contribution < 1.29 is 4.79 Å². The molecule has 1 N–H and O–H groups in total. The molecule has 0 fully saturated rings. The first-order valence-electron chi connectivity index (χ1n) is 6.02. The predicted octanol–water partition coefficient (Wildman–Crippen LogP) is 3.41. The van der Waals surface area contributed by atoms with Gasteiger partial charge in [-0.2, -0.15) is 0 Å². The molecule has 18 heavy (non-hydrogen) atoms. The zero-order chi connectivity index (χ0) is 13.0. The standard InChI is InChI=1S/C15H16N2O/c1-3-15(18)17-14-10-16-9-8-13(14)12-7-5-4-6-11(12)2/h4-10H,3H2,1-2H3,(H,17,18). The van der Waals surface area contributed by atoms with Crippen LogP contribution >= 0.6 is 0 Å². The topological polar surface area (TPSA) is 42.0 Å². The number of carbonyl (C=O) groups is 1. The highest BCUT2D eigenvalue weighted by atomic mass is 16.1. The van der Waals surface area contributed by atoms with Crippen molar-refractivity contribution in [2.24, 2.45) is 0 Å². The molecule has 3 heteroatoms. The molecular formula is C15H16N2O. The number of aryl methyl sites for hydroxylation is 1. The van der Waals surface area contributed by atoms with Crippen molar-refractivity contribution in [3.8, 4) is 11.1 Å². The van der Waals surface area contributed by atoms with Crippen molar-refractivity contribution in [1.29, 1.82) is 0 Å². The Balaban J connectivity index is 2.45. The Labute approximate surface area is 107 Å². The molecule has 1 aromatic carbocycles. The summed E-state index contributed by atoms with van der Waals surface area (Å²) in [6.45, 7) is 3.89. The van der Waals surface area contributed by atoms with Crippen molar-refractivity contribution in [3.05, 3.63) is 48.3 Å². The van der Waals surface area contributed by atoms with Gasteiger partial charge in [0.2, 0.25) is 5.91 Å². The van der Waals surface area contributed by atoms with Gasteiger partial charge in [-0.15, -0.1) is 0 Å². The average Bonchev–Trinajstić information content (AvgIpc) is 2.40. The summed E-state index contributed by atoms with van der Waals surface area (Å²) in [5, 5.41) is 2.88. The molecule has 2 aromatic rings. The fourth-order valence-electron chi connectivity index (χ4n) is 1.84. The van der Waals surface area contributed by atoms with Crippen LogP contribution < -0.4 is 5.32 Å². The Morgan fingerprint density at radius 1 is 1.22 bits per heavy atom. The lowest BCUT2D eigenvalue weighted by atomic mass is 10.0. The Morgan fingerprint density at radius 2 is 2.00 bits per heavy atom. The Hall–Kier alpha value is -2.16. The molecule has 1 aromatic heterocycles. The van der Waals surface area contributed by atoms with Gasteiger partial charge in [0.25, 0.3) is 0 Å². The van der Waals surface area contributed by atoms with E-state index in [1.165, 1.54) is 5.56 Å². The maximum atomic E-state index is 11.5. The highest BCUT2D eigenvalue weighted by Crippen LogP contribution is 2.29. The number of hydrogen-bond donors (Lipinski definition) is 1. The minimum Gasteiger partial charge on any atom is -0.324 e. The number of aromatic nitrogens is 1. The van der Waals surface area contributed by atoms with Gasteiger partial charge in [0.1, 0.15) is 0 Å². The fourth-order valence-corrected chi connectivity index (χ4v) is 1.84. The largest absolute Gasteiger partial charge is 0.324 e. The lowest BCUT2D eigenvalue weighted by molar-refractivity contribution is -0.115. The average molecular weight is 240 g/mol. The molecule has 0 bridgehead atoms. The molecule has 0 aliphatic carbocycles. The second-order valence-electron chi connectivity index (χ2n) is 4.14. The minimum absolute atomic E-state index is 0.00201. The summed E-state index contributed by atoms with van der Waals surface area (Å²) < 4.78 is 0. The van der Waals surface area contributed by atoms with Gasteiger partial charge < -0.3 is 5.32 Å². The number of anilines is 1. The van der Waals surface area contributed by atoms with Crippen LogP contribution in [0.15, 0.2) is 42.7 Å². The summed E-state index contributed by atoms with van der Waals surface area (Å²) in [5.74, 6) is -0.00201. The van der Waals surface area contributed by atoms with Gasteiger partial charge in [0.05, 0.1) is 11.9 Å². The highest BCUT2D eigenvalue weighted by molar-refractivity contribution is 5.95. The SMILES string of the molecule is CCC(=O)Nc1cnccc1-c1ccccc1C. The number of pyridine rings is 1. The molecule has 0 saturated heterocycles. The molecule has 0 radical (unpaired) electrons. The zero-order valence-electron chi connectivity index (χ0n) is 10.6. The normalized spacial score (nSPS) is 10.1. The van der Waals surface area contributed by atoms with Crippen molar-refractivity contribution in [3.63, 3.8) is 0 Å². The van der Waals surface area contributed by atoms with Gasteiger partial charge >= 0.3 is 0 Å². The van der Waals surface area contributed by atoms with Crippen LogP contribution in [0, 0.1) is 6.92 Å². The quantitative estimate of drug-likeness (QED) is 0.893. The predicted molar refractivity (Wildman–Crippen MR) is 73.3 cm³/mol. The molecule has 92 valence electrons. The molecule has 1 heterocycles. The van der Waals surface area contributed by atoms with E-state index in [1.807, 2.05) is 31.2 Å². The summed E-state index contributed by atoms with van der Waals surface area (Å²) in [5.41, 5.74) is 4.06. The van der Waals surface area contributed by atoms with Gasteiger partial charge in [-0.25, -0.2) is 0 Å². The maximum Gasteiger partial charge on any atom is 0.224 e. The van der Waals surface area contributed by atoms with Crippen molar-refractivity contribution in [1.82, 2.24) is 4.98 Å². The summed E-state index contributed by atoms with van der Waals surface area (Å²) in [6.07, 6.45) is 3.89. The number of carbonyl (C=O) groups excluding carboxylic acids is 1. The highest BCUT2D eigenvalue weighted by Gasteiger charge is 2.08. The molecule has 0 unspecified atom stereocenters. The number of nitrogens with zero attached hydrogens (tertiary/aromatic N) is 1. The molecule has 3 nitrogen and oxygen atoms in total. The fraction of sp³-hybridized carbons (Fsp3) is 0.200. The number of benzene rings is 1. The van der Waals surface area contributed by atoms with Gasteiger partial charge in [-0.3, -0.25) is 9.78 Å². The van der Waals surface area contributed by atoms with Crippen LogP contribution in [0.3, 0.4) is 0 Å². The number of amides is 1. The third-order valence-corrected chi connectivity index (χ3v) is 2.85. The Bertz CT molecular complexity index is 564. The minimum atomic E-state index is -0.00201. The summed E-state index contributed by atoms with van der Waals surface area (Å²) in [4.78, 5) is 15.6. The first-order valence-corrected chi connectivity index (χ1v) is 6.02. The van der Waals surface area contributed by atoms with Crippen LogP contribution in [0.2, 0.25) is 0 Å². The number of hydrogen-bond acceptors (Lipinski definition) is 2. The van der Waals surface area contributed by atoms with Gasteiger partial charge in [0.15, 0.2) is 0 Å². The zero-order valence-corrected chi connectivity index (χ0v) is 10.6. The third-order valence-electron chi connectivity index (χ3n) is 2.85. The van der Waals surface area contributed by atoms with E-state index in [1.54, 1.807) is 12.4 Å². The van der Waals surface area contributed by atoms with Crippen molar-refractivity contribution in [2.45, 2.75) is 20.3 Å². The number of nitrogens with one attached hydrogen (secondary N) is 1. The van der Waals surface area contributed by atoms with E-state index in [0.717, 1.165) is 16.8 Å². The first kappa shape index (κ1) is 12.3. The van der Waals surface area contributed by atoms with E-state index in [9.17, 15) is 4.79 Å². The Kier molecular flexibility index (Phi) is 3.72. The van der Waals surface area contributed by atoms with Gasteiger partial charge in [0, 0.05) is 18.2 Å². The second kappa shape index (κ2) is 5.45. The monoisotopic (exact) mass is 240 g/mol. The lowest BCUT2D eigenvalue weighted by Crippen LogP contribution is -2.10. The molecule has 0 aliphatic heterocycles.